The van der Waals surface area contributed by atoms with E-state index in [1.807, 2.05) is 88.3 Å². The van der Waals surface area contributed by atoms with Crippen LogP contribution in [0.25, 0.3) is 5.76 Å². The number of ether oxygens (including phenoxy) is 1. The Labute approximate surface area is 212 Å². The second-order valence-corrected chi connectivity index (χ2v) is 9.32. The molecule has 0 aliphatic carbocycles. The molecule has 0 spiro atoms. The van der Waals surface area contributed by atoms with Gasteiger partial charge in [0, 0.05) is 31.0 Å². The number of ketones is 1. The number of aliphatic hydroxyl groups is 1. The summed E-state index contributed by atoms with van der Waals surface area (Å²) in [5.74, 6) is -0.845. The van der Waals surface area contributed by atoms with Gasteiger partial charge < -0.3 is 14.7 Å². The van der Waals surface area contributed by atoms with Gasteiger partial charge in [0.15, 0.2) is 0 Å². The third-order valence-corrected chi connectivity index (χ3v) is 6.36. The van der Waals surface area contributed by atoms with Crippen molar-refractivity contribution >= 4 is 28.8 Å². The lowest BCUT2D eigenvalue weighted by Crippen LogP contribution is -2.29. The van der Waals surface area contributed by atoms with E-state index in [9.17, 15) is 14.7 Å². The Kier molecular flexibility index (Phi) is 7.15. The van der Waals surface area contributed by atoms with Crippen molar-refractivity contribution in [1.29, 1.82) is 0 Å². The fourth-order valence-electron chi connectivity index (χ4n) is 4.49. The normalized spacial score (nSPS) is 16.9. The highest BCUT2D eigenvalue weighted by atomic mass is 16.5. The van der Waals surface area contributed by atoms with Crippen LogP contribution in [-0.4, -0.2) is 37.5 Å². The first-order chi connectivity index (χ1) is 17.2. The van der Waals surface area contributed by atoms with Gasteiger partial charge in [-0.2, -0.15) is 0 Å². The summed E-state index contributed by atoms with van der Waals surface area (Å²) in [6.45, 7) is 6.48. The number of nitrogens with zero attached hydrogens (tertiary/aromatic N) is 2. The van der Waals surface area contributed by atoms with Crippen molar-refractivity contribution in [2.45, 2.75) is 33.2 Å². The van der Waals surface area contributed by atoms with E-state index in [1.165, 1.54) is 4.90 Å². The van der Waals surface area contributed by atoms with Crippen LogP contribution < -0.4 is 14.5 Å². The molecule has 0 aromatic heterocycles. The summed E-state index contributed by atoms with van der Waals surface area (Å²) in [4.78, 5) is 30.2. The van der Waals surface area contributed by atoms with Crippen LogP contribution in [0, 0.1) is 13.8 Å². The van der Waals surface area contributed by atoms with Gasteiger partial charge >= 0.3 is 0 Å². The van der Waals surface area contributed by atoms with Gasteiger partial charge in [-0.1, -0.05) is 36.8 Å². The molecule has 6 heteroatoms. The number of anilines is 2. The standard InChI is InChI=1S/C30H32N2O4/c1-6-16-36-25-15-10-22(18-20(25)3)28(33)26-27(21-9-7-8-19(2)17-21)32(30(35)29(26)34)24-13-11-23(12-14-24)31(4)5/h7-15,17-18,27,33H,6,16H2,1-5H3/b28-26-. The predicted octanol–water partition coefficient (Wildman–Crippen LogP) is 5.78. The summed E-state index contributed by atoms with van der Waals surface area (Å²) < 4.78 is 5.76. The van der Waals surface area contributed by atoms with Crippen LogP contribution in [0.15, 0.2) is 72.3 Å². The molecule has 1 unspecified atom stereocenters. The maximum Gasteiger partial charge on any atom is 0.300 e. The molecule has 0 bridgehead atoms. The zero-order valence-corrected chi connectivity index (χ0v) is 21.4. The third-order valence-electron chi connectivity index (χ3n) is 6.36. The van der Waals surface area contributed by atoms with Crippen LogP contribution in [-0.2, 0) is 9.59 Å². The van der Waals surface area contributed by atoms with E-state index in [4.69, 9.17) is 4.74 Å². The largest absolute Gasteiger partial charge is 0.507 e. The number of rotatable bonds is 7. The fourth-order valence-corrected chi connectivity index (χ4v) is 4.49. The average Bonchev–Trinajstić information content (AvgIpc) is 3.13. The topological polar surface area (TPSA) is 70.1 Å². The van der Waals surface area contributed by atoms with Crippen LogP contribution in [0.4, 0.5) is 11.4 Å². The molecule has 0 saturated carbocycles. The van der Waals surface area contributed by atoms with E-state index in [0.717, 1.165) is 34.5 Å². The van der Waals surface area contributed by atoms with Crippen molar-refractivity contribution in [3.8, 4) is 5.75 Å². The number of amides is 1. The SMILES string of the molecule is CCCOc1ccc(/C(O)=C2/C(=O)C(=O)N(c3ccc(N(C)C)cc3)C2c2cccc(C)c2)cc1C. The zero-order valence-electron chi connectivity index (χ0n) is 21.4. The molecule has 1 amide bonds. The molecule has 1 atom stereocenters. The molecule has 186 valence electrons. The Morgan fingerprint density at radius 1 is 1.00 bits per heavy atom. The first-order valence-corrected chi connectivity index (χ1v) is 12.1. The van der Waals surface area contributed by atoms with Crippen molar-refractivity contribution in [2.24, 2.45) is 0 Å². The minimum Gasteiger partial charge on any atom is -0.507 e. The minimum atomic E-state index is -0.758. The van der Waals surface area contributed by atoms with E-state index in [1.54, 1.807) is 18.2 Å². The molecule has 3 aromatic rings. The van der Waals surface area contributed by atoms with Crippen LogP contribution in [0.3, 0.4) is 0 Å². The summed E-state index contributed by atoms with van der Waals surface area (Å²) in [5.41, 5.74) is 4.70. The minimum absolute atomic E-state index is 0.0731. The van der Waals surface area contributed by atoms with Crippen molar-refractivity contribution < 1.29 is 19.4 Å². The Balaban J connectivity index is 1.86. The van der Waals surface area contributed by atoms with E-state index in [0.29, 0.717) is 17.9 Å². The van der Waals surface area contributed by atoms with Gasteiger partial charge in [-0.05, 0) is 73.9 Å². The summed E-state index contributed by atoms with van der Waals surface area (Å²) in [6.07, 6.45) is 0.886. The number of carbonyl (C=O) groups is 2. The number of Topliss-reactive ketones (excluding diaryl/α,β-unsaturated/α-hetero) is 1. The molecule has 36 heavy (non-hydrogen) atoms. The van der Waals surface area contributed by atoms with Gasteiger partial charge in [0.05, 0.1) is 18.2 Å². The molecular formula is C30H32N2O4. The van der Waals surface area contributed by atoms with Gasteiger partial charge in [-0.15, -0.1) is 0 Å². The lowest BCUT2D eigenvalue weighted by Gasteiger charge is -2.26. The average molecular weight is 485 g/mol. The monoisotopic (exact) mass is 484 g/mol. The molecular weight excluding hydrogens is 452 g/mol. The van der Waals surface area contributed by atoms with Gasteiger partial charge in [0.2, 0.25) is 0 Å². The van der Waals surface area contributed by atoms with E-state index < -0.39 is 17.7 Å². The molecule has 1 aliphatic rings. The Morgan fingerprint density at radius 3 is 2.33 bits per heavy atom. The van der Waals surface area contributed by atoms with E-state index in [-0.39, 0.29) is 11.3 Å². The third kappa shape index (κ3) is 4.71. The molecule has 4 rings (SSSR count). The molecule has 1 heterocycles. The summed E-state index contributed by atoms with van der Waals surface area (Å²) in [6, 6.07) is 19.7. The summed E-state index contributed by atoms with van der Waals surface area (Å²) in [5, 5.41) is 11.4. The van der Waals surface area contributed by atoms with Crippen LogP contribution in [0.1, 0.15) is 41.6 Å². The van der Waals surface area contributed by atoms with Crippen molar-refractivity contribution in [3.05, 3.63) is 94.6 Å². The van der Waals surface area contributed by atoms with Crippen molar-refractivity contribution in [2.75, 3.05) is 30.5 Å². The Bertz CT molecular complexity index is 1330. The number of benzene rings is 3. The first kappa shape index (κ1) is 25.0. The van der Waals surface area contributed by atoms with Gasteiger partial charge in [-0.3, -0.25) is 14.5 Å². The lowest BCUT2D eigenvalue weighted by molar-refractivity contribution is -0.132. The number of aliphatic hydroxyl groups excluding tert-OH is 1. The number of carbonyl (C=O) groups excluding carboxylic acids is 2. The summed E-state index contributed by atoms with van der Waals surface area (Å²) in [7, 11) is 3.88. The van der Waals surface area contributed by atoms with Gasteiger partial charge in [-0.25, -0.2) is 0 Å². The fraction of sp³-hybridized carbons (Fsp3) is 0.267. The highest BCUT2D eigenvalue weighted by Crippen LogP contribution is 2.43. The number of aryl methyl sites for hydroxylation is 2. The highest BCUT2D eigenvalue weighted by molar-refractivity contribution is 6.51. The van der Waals surface area contributed by atoms with Crippen LogP contribution in [0.5, 0.6) is 5.75 Å². The van der Waals surface area contributed by atoms with Crippen LogP contribution in [0.2, 0.25) is 0 Å². The van der Waals surface area contributed by atoms with Gasteiger partial charge in [0.1, 0.15) is 11.5 Å². The van der Waals surface area contributed by atoms with Crippen molar-refractivity contribution in [1.82, 2.24) is 0 Å². The highest BCUT2D eigenvalue weighted by Gasteiger charge is 2.47. The smallest absolute Gasteiger partial charge is 0.300 e. The molecule has 6 nitrogen and oxygen atoms in total. The van der Waals surface area contributed by atoms with Crippen LogP contribution >= 0.6 is 0 Å². The molecule has 1 saturated heterocycles. The molecule has 1 fully saturated rings. The Morgan fingerprint density at radius 2 is 1.72 bits per heavy atom. The predicted molar refractivity (Wildman–Crippen MR) is 144 cm³/mol. The molecule has 1 N–H and O–H groups in total. The molecule has 3 aromatic carbocycles. The van der Waals surface area contributed by atoms with E-state index >= 15 is 0 Å². The van der Waals surface area contributed by atoms with E-state index in [2.05, 4.69) is 0 Å². The summed E-state index contributed by atoms with van der Waals surface area (Å²) >= 11 is 0. The molecule has 0 radical (unpaired) electrons. The maximum absolute atomic E-state index is 13.4. The maximum atomic E-state index is 13.4. The van der Waals surface area contributed by atoms with Gasteiger partial charge in [0.25, 0.3) is 11.7 Å². The van der Waals surface area contributed by atoms with Crippen molar-refractivity contribution in [3.63, 3.8) is 0 Å². The zero-order chi connectivity index (χ0) is 26.0. The molecule has 1 aliphatic heterocycles. The number of hydrogen-bond acceptors (Lipinski definition) is 5. The first-order valence-electron chi connectivity index (χ1n) is 12.1. The second kappa shape index (κ2) is 10.3. The second-order valence-electron chi connectivity index (χ2n) is 9.32. The lowest BCUT2D eigenvalue weighted by atomic mass is 9.94. The Hall–Kier alpha value is -4.06. The quantitative estimate of drug-likeness (QED) is 0.261. The number of hydrogen-bond donors (Lipinski definition) is 1.